The predicted octanol–water partition coefficient (Wildman–Crippen LogP) is 7.65. The molecule has 9 nitrogen and oxygen atoms in total. The smallest absolute Gasteiger partial charge is 0.269 e. The van der Waals surface area contributed by atoms with E-state index in [1.165, 1.54) is 39.9 Å². The summed E-state index contributed by atoms with van der Waals surface area (Å²) in [6.07, 6.45) is 5.84. The van der Waals surface area contributed by atoms with Crippen molar-refractivity contribution in [2.24, 2.45) is 0 Å². The van der Waals surface area contributed by atoms with E-state index in [1.54, 1.807) is 31.4 Å². The third-order valence-electron chi connectivity index (χ3n) is 9.83. The van der Waals surface area contributed by atoms with Gasteiger partial charge < -0.3 is 9.47 Å². The number of thiazole rings is 1. The van der Waals surface area contributed by atoms with Crippen LogP contribution in [-0.2, 0) is 33.4 Å². The molecule has 0 radical (unpaired) electrons. The van der Waals surface area contributed by atoms with Gasteiger partial charge >= 0.3 is 0 Å². The Morgan fingerprint density at radius 3 is 2.31 bits per heavy atom. The summed E-state index contributed by atoms with van der Waals surface area (Å²) in [7, 11) is -2.40. The lowest BCUT2D eigenvalue weighted by atomic mass is 9.95. The van der Waals surface area contributed by atoms with Gasteiger partial charge in [-0.25, -0.2) is 22.4 Å². The summed E-state index contributed by atoms with van der Waals surface area (Å²) >= 11 is 8.45. The first-order valence-electron chi connectivity index (χ1n) is 17.0. The number of benzene rings is 3. The summed E-state index contributed by atoms with van der Waals surface area (Å²) in [5, 5.41) is 5.38. The lowest BCUT2D eigenvalue weighted by Crippen LogP contribution is -2.56. The van der Waals surface area contributed by atoms with E-state index in [2.05, 4.69) is 27.3 Å². The lowest BCUT2D eigenvalue weighted by Gasteiger charge is -2.41. The summed E-state index contributed by atoms with van der Waals surface area (Å²) in [6, 6.07) is 24.9. The number of hydrogen-bond donors (Lipinski definition) is 1. The molecule has 8 rings (SSSR count). The van der Waals surface area contributed by atoms with Crippen LogP contribution in [0.4, 0.5) is 0 Å². The van der Waals surface area contributed by atoms with Gasteiger partial charge in [-0.15, -0.1) is 11.3 Å². The molecule has 0 saturated carbocycles. The van der Waals surface area contributed by atoms with Crippen LogP contribution in [0.5, 0.6) is 5.75 Å². The van der Waals surface area contributed by atoms with Gasteiger partial charge in [0.05, 0.1) is 35.9 Å². The van der Waals surface area contributed by atoms with Crippen molar-refractivity contribution >= 4 is 44.0 Å². The average molecular weight is 740 g/mol. The third-order valence-corrected chi connectivity index (χ3v) is 13.1. The van der Waals surface area contributed by atoms with Gasteiger partial charge in [0.2, 0.25) is 0 Å². The monoisotopic (exact) mass is 739 g/mol. The predicted molar refractivity (Wildman–Crippen MR) is 202 cm³/mol. The number of hydrogen-bond acceptors (Lipinski definition) is 9. The van der Waals surface area contributed by atoms with Crippen molar-refractivity contribution < 1.29 is 17.9 Å². The van der Waals surface area contributed by atoms with E-state index in [9.17, 15) is 8.42 Å². The Bertz CT molecular complexity index is 2290. The molecule has 2 aliphatic heterocycles. The molecule has 6 aromatic rings. The Morgan fingerprint density at radius 1 is 0.941 bits per heavy atom. The number of aryl methyl sites for hydroxylation is 1. The van der Waals surface area contributed by atoms with Crippen molar-refractivity contribution in [2.45, 2.75) is 43.3 Å². The maximum absolute atomic E-state index is 14.5. The summed E-state index contributed by atoms with van der Waals surface area (Å²) in [5.74, 6) is 0.811. The first-order chi connectivity index (χ1) is 24.7. The molecule has 0 spiro atoms. The fraction of sp³-hybridized carbons (Fsp3) is 0.282. The van der Waals surface area contributed by atoms with Gasteiger partial charge in [-0.05, 0) is 79.9 Å². The maximum Gasteiger partial charge on any atom is 0.269 e. The molecule has 12 heteroatoms. The molecule has 0 bridgehead atoms. The molecule has 51 heavy (non-hydrogen) atoms. The van der Waals surface area contributed by atoms with Gasteiger partial charge in [-0.3, -0.25) is 10.2 Å². The molecular formula is C39H38ClN5O4S2. The Labute approximate surface area is 306 Å². The number of rotatable bonds is 11. The number of ether oxygens (including phenoxy) is 2. The van der Waals surface area contributed by atoms with Crippen LogP contribution < -0.4 is 10.1 Å². The normalized spacial score (nSPS) is 16.1. The minimum Gasteiger partial charge on any atom is -0.497 e. The molecule has 0 unspecified atom stereocenters. The molecule has 2 saturated heterocycles. The van der Waals surface area contributed by atoms with Gasteiger partial charge in [-0.2, -0.15) is 0 Å². The van der Waals surface area contributed by atoms with Crippen molar-refractivity contribution in [3.05, 3.63) is 118 Å². The topological polar surface area (TPSA) is 98.6 Å². The van der Waals surface area contributed by atoms with Gasteiger partial charge in [0.15, 0.2) is 5.65 Å². The number of pyridine rings is 1. The first kappa shape index (κ1) is 34.0. The summed E-state index contributed by atoms with van der Waals surface area (Å²) in [5.41, 5.74) is 5.10. The minimum atomic E-state index is -4.06. The highest BCUT2D eigenvalue weighted by Crippen LogP contribution is 2.43. The van der Waals surface area contributed by atoms with E-state index >= 15 is 0 Å². The quantitative estimate of drug-likeness (QED) is 0.145. The fourth-order valence-corrected chi connectivity index (χ4v) is 9.72. The van der Waals surface area contributed by atoms with Crippen LogP contribution in [0.1, 0.15) is 34.4 Å². The van der Waals surface area contributed by atoms with Gasteiger partial charge in [-0.1, -0.05) is 65.7 Å². The van der Waals surface area contributed by atoms with Crippen LogP contribution in [0, 0.1) is 6.92 Å². The molecule has 3 aromatic heterocycles. The van der Waals surface area contributed by atoms with Crippen molar-refractivity contribution in [1.82, 2.24) is 24.2 Å². The second-order valence-corrected chi connectivity index (χ2v) is 16.5. The highest BCUT2D eigenvalue weighted by molar-refractivity contribution is 7.90. The SMILES string of the molecule is COc1ccc(CNC2(c3cnc(-c4c(Cl)cnc5c4cc(-c4ccc(CN6CCCC6)cc4)n5S(=O)(=O)c4ccc(C)cc4)s3)COC2)cc1. The van der Waals surface area contributed by atoms with E-state index in [0.29, 0.717) is 52.1 Å². The number of fused-ring (bicyclic) bond motifs is 1. The van der Waals surface area contributed by atoms with Crippen LogP contribution in [0.3, 0.4) is 0 Å². The standard InChI is InChI=1S/C39H38ClN5O4S2/c1-26-5-15-31(16-6-26)51(46,47)45-34(29-11-7-28(8-12-29)23-44-17-3-4-18-44)19-32-36(33(40)21-41-37(32)45)38-42-22-35(50-38)39(24-49-25-39)43-20-27-9-13-30(48-2)14-10-27/h5-16,19,21-22,43H,3-4,17-18,20,23-25H2,1-2H3. The van der Waals surface area contributed by atoms with Crippen molar-refractivity contribution in [2.75, 3.05) is 33.4 Å². The van der Waals surface area contributed by atoms with E-state index in [4.69, 9.17) is 26.1 Å². The Hall–Kier alpha value is -4.10. The highest BCUT2D eigenvalue weighted by Gasteiger charge is 2.42. The summed E-state index contributed by atoms with van der Waals surface area (Å²) in [4.78, 5) is 13.1. The van der Waals surface area contributed by atoms with Crippen LogP contribution in [0.25, 0.3) is 32.9 Å². The molecule has 1 N–H and O–H groups in total. The van der Waals surface area contributed by atoms with Gasteiger partial charge in [0, 0.05) is 41.3 Å². The molecular weight excluding hydrogens is 702 g/mol. The van der Waals surface area contributed by atoms with Crippen LogP contribution >= 0.6 is 22.9 Å². The van der Waals surface area contributed by atoms with Crippen LogP contribution in [-0.4, -0.2) is 60.7 Å². The van der Waals surface area contributed by atoms with E-state index in [1.807, 2.05) is 55.6 Å². The van der Waals surface area contributed by atoms with E-state index < -0.39 is 15.6 Å². The molecule has 2 fully saturated rings. The largest absolute Gasteiger partial charge is 0.497 e. The van der Waals surface area contributed by atoms with Crippen molar-refractivity contribution in [3.8, 4) is 27.6 Å². The molecule has 3 aromatic carbocycles. The minimum absolute atomic E-state index is 0.183. The highest BCUT2D eigenvalue weighted by atomic mass is 35.5. The molecule has 0 amide bonds. The fourth-order valence-electron chi connectivity index (χ4n) is 6.82. The number of nitrogens with one attached hydrogen (secondary N) is 1. The second-order valence-electron chi connectivity index (χ2n) is 13.3. The van der Waals surface area contributed by atoms with Gasteiger partial charge in [0.25, 0.3) is 10.0 Å². The van der Waals surface area contributed by atoms with E-state index in [0.717, 1.165) is 47.0 Å². The zero-order valence-electron chi connectivity index (χ0n) is 28.4. The number of halogens is 1. The lowest BCUT2D eigenvalue weighted by molar-refractivity contribution is -0.0778. The zero-order chi connectivity index (χ0) is 35.2. The summed E-state index contributed by atoms with van der Waals surface area (Å²) < 4.78 is 41.4. The second kappa shape index (κ2) is 13.8. The first-order valence-corrected chi connectivity index (χ1v) is 19.6. The Kier molecular flexibility index (Phi) is 9.20. The zero-order valence-corrected chi connectivity index (χ0v) is 30.8. The van der Waals surface area contributed by atoms with Crippen LogP contribution in [0.2, 0.25) is 5.02 Å². The number of methoxy groups -OCH3 is 1. The number of likely N-dealkylation sites (tertiary alicyclic amines) is 1. The third kappa shape index (κ3) is 6.47. The molecule has 0 atom stereocenters. The number of aromatic nitrogens is 3. The number of nitrogens with zero attached hydrogens (tertiary/aromatic N) is 4. The molecule has 2 aliphatic rings. The average Bonchev–Trinajstić information content (AvgIpc) is 3.90. The maximum atomic E-state index is 14.5. The molecule has 262 valence electrons. The van der Waals surface area contributed by atoms with Crippen molar-refractivity contribution in [1.29, 1.82) is 0 Å². The van der Waals surface area contributed by atoms with Gasteiger partial charge in [0.1, 0.15) is 16.3 Å². The molecule has 5 heterocycles. The Morgan fingerprint density at radius 2 is 1.65 bits per heavy atom. The van der Waals surface area contributed by atoms with Crippen LogP contribution in [0.15, 0.2) is 96.2 Å². The van der Waals surface area contributed by atoms with Crippen molar-refractivity contribution in [3.63, 3.8) is 0 Å². The molecule has 0 aliphatic carbocycles. The Balaban J connectivity index is 1.20. The van der Waals surface area contributed by atoms with E-state index in [-0.39, 0.29) is 4.90 Å². The summed E-state index contributed by atoms with van der Waals surface area (Å²) in [6.45, 7) is 6.67.